The first kappa shape index (κ1) is 13.3. The summed E-state index contributed by atoms with van der Waals surface area (Å²) in [5.74, 6) is 1.73. The minimum atomic E-state index is 0.690. The highest BCUT2D eigenvalue weighted by atomic mass is 16.5. The summed E-state index contributed by atoms with van der Waals surface area (Å²) in [4.78, 5) is 8.41. The van der Waals surface area contributed by atoms with Crippen LogP contribution in [0.3, 0.4) is 0 Å². The van der Waals surface area contributed by atoms with Crippen molar-refractivity contribution in [2.45, 2.75) is 20.3 Å². The minimum absolute atomic E-state index is 0.690. The van der Waals surface area contributed by atoms with Gasteiger partial charge in [0.25, 0.3) is 0 Å². The van der Waals surface area contributed by atoms with Crippen LogP contribution in [-0.4, -0.2) is 23.1 Å². The Kier molecular flexibility index (Phi) is 4.72. The molecule has 1 N–H and O–H groups in total. The smallest absolute Gasteiger partial charge is 0.144 e. The van der Waals surface area contributed by atoms with Crippen LogP contribution in [0, 0.1) is 13.8 Å². The van der Waals surface area contributed by atoms with Crippen LogP contribution in [0.15, 0.2) is 36.7 Å². The molecule has 0 radical (unpaired) electrons. The number of nitrogens with zero attached hydrogens (tertiary/aromatic N) is 2. The first-order chi connectivity index (χ1) is 9.24. The average molecular weight is 257 g/mol. The van der Waals surface area contributed by atoms with Crippen molar-refractivity contribution in [3.63, 3.8) is 0 Å². The third-order valence-corrected chi connectivity index (χ3v) is 2.67. The van der Waals surface area contributed by atoms with Crippen LogP contribution in [0.25, 0.3) is 0 Å². The van der Waals surface area contributed by atoms with Crippen LogP contribution in [0.2, 0.25) is 0 Å². The molecular weight excluding hydrogens is 238 g/mol. The molecule has 1 aromatic heterocycles. The second kappa shape index (κ2) is 6.73. The Hall–Kier alpha value is -2.10. The molecular formula is C15H19N3O. The van der Waals surface area contributed by atoms with Crippen LogP contribution in [0.4, 0.5) is 5.82 Å². The molecule has 0 saturated carbocycles. The van der Waals surface area contributed by atoms with Crippen molar-refractivity contribution in [3.05, 3.63) is 47.9 Å². The summed E-state index contributed by atoms with van der Waals surface area (Å²) in [5, 5.41) is 3.23. The normalized spacial score (nSPS) is 10.2. The molecule has 0 saturated heterocycles. The third kappa shape index (κ3) is 4.58. The van der Waals surface area contributed by atoms with Crippen molar-refractivity contribution in [3.8, 4) is 5.75 Å². The van der Waals surface area contributed by atoms with Gasteiger partial charge in [-0.15, -0.1) is 0 Å². The van der Waals surface area contributed by atoms with Gasteiger partial charge in [-0.1, -0.05) is 17.7 Å². The van der Waals surface area contributed by atoms with Crippen molar-refractivity contribution < 1.29 is 4.74 Å². The molecule has 0 amide bonds. The first-order valence-electron chi connectivity index (χ1n) is 6.46. The number of nitrogens with one attached hydrogen (secondary N) is 1. The second-order valence-corrected chi connectivity index (χ2v) is 4.49. The molecule has 100 valence electrons. The van der Waals surface area contributed by atoms with Gasteiger partial charge in [0.2, 0.25) is 0 Å². The third-order valence-electron chi connectivity index (χ3n) is 2.67. The number of aryl methyl sites for hydroxylation is 2. The van der Waals surface area contributed by atoms with E-state index < -0.39 is 0 Å². The maximum atomic E-state index is 5.65. The van der Waals surface area contributed by atoms with Crippen molar-refractivity contribution >= 4 is 5.82 Å². The van der Waals surface area contributed by atoms with Gasteiger partial charge in [0.15, 0.2) is 0 Å². The molecule has 0 aliphatic heterocycles. The van der Waals surface area contributed by atoms with Gasteiger partial charge in [-0.3, -0.25) is 4.98 Å². The van der Waals surface area contributed by atoms with E-state index in [4.69, 9.17) is 4.74 Å². The summed E-state index contributed by atoms with van der Waals surface area (Å²) in [6, 6.07) is 8.09. The largest absolute Gasteiger partial charge is 0.494 e. The molecule has 4 heteroatoms. The molecule has 0 fully saturated rings. The molecule has 0 spiro atoms. The molecule has 0 bridgehead atoms. The van der Waals surface area contributed by atoms with Gasteiger partial charge >= 0.3 is 0 Å². The van der Waals surface area contributed by atoms with E-state index in [1.807, 2.05) is 19.1 Å². The van der Waals surface area contributed by atoms with Crippen LogP contribution in [-0.2, 0) is 0 Å². The first-order valence-corrected chi connectivity index (χ1v) is 6.46. The van der Waals surface area contributed by atoms with E-state index in [1.165, 1.54) is 5.56 Å². The lowest BCUT2D eigenvalue weighted by Crippen LogP contribution is -2.08. The molecule has 4 nitrogen and oxygen atoms in total. The van der Waals surface area contributed by atoms with Gasteiger partial charge in [0, 0.05) is 12.7 Å². The van der Waals surface area contributed by atoms with Crippen LogP contribution in [0.1, 0.15) is 17.7 Å². The van der Waals surface area contributed by atoms with Gasteiger partial charge in [-0.25, -0.2) is 4.98 Å². The lowest BCUT2D eigenvalue weighted by Gasteiger charge is -2.08. The molecule has 2 rings (SSSR count). The van der Waals surface area contributed by atoms with Gasteiger partial charge in [-0.2, -0.15) is 0 Å². The standard InChI is InChI=1S/C15H19N3O/c1-12-4-6-14(7-5-12)19-9-3-8-17-15-11-16-10-13(2)18-15/h4-7,10-11H,3,8-9H2,1-2H3,(H,17,18). The Morgan fingerprint density at radius 1 is 1.11 bits per heavy atom. The Balaban J connectivity index is 1.66. The second-order valence-electron chi connectivity index (χ2n) is 4.49. The Morgan fingerprint density at radius 2 is 1.89 bits per heavy atom. The summed E-state index contributed by atoms with van der Waals surface area (Å²) in [5.41, 5.74) is 2.16. The summed E-state index contributed by atoms with van der Waals surface area (Å²) in [6.07, 6.45) is 4.39. The van der Waals surface area contributed by atoms with Gasteiger partial charge in [0.05, 0.1) is 18.5 Å². The predicted molar refractivity (Wildman–Crippen MR) is 76.5 cm³/mol. The average Bonchev–Trinajstić information content (AvgIpc) is 2.41. The maximum absolute atomic E-state index is 5.65. The van der Waals surface area contributed by atoms with Crippen LogP contribution < -0.4 is 10.1 Å². The Bertz CT molecular complexity index is 511. The fourth-order valence-corrected chi connectivity index (χ4v) is 1.66. The highest BCUT2D eigenvalue weighted by molar-refractivity contribution is 5.31. The zero-order valence-corrected chi connectivity index (χ0v) is 11.4. The van der Waals surface area contributed by atoms with E-state index in [1.54, 1.807) is 12.4 Å². The molecule has 0 atom stereocenters. The molecule has 0 aliphatic carbocycles. The fourth-order valence-electron chi connectivity index (χ4n) is 1.66. The zero-order chi connectivity index (χ0) is 13.5. The van der Waals surface area contributed by atoms with Crippen molar-refractivity contribution in [2.75, 3.05) is 18.5 Å². The highest BCUT2D eigenvalue weighted by Crippen LogP contribution is 2.11. The summed E-state index contributed by atoms with van der Waals surface area (Å²) in [7, 11) is 0. The monoisotopic (exact) mass is 257 g/mol. The Morgan fingerprint density at radius 3 is 2.63 bits per heavy atom. The number of aromatic nitrogens is 2. The van der Waals surface area contributed by atoms with Crippen molar-refractivity contribution in [2.24, 2.45) is 0 Å². The molecule has 1 heterocycles. The van der Waals surface area contributed by atoms with E-state index in [0.29, 0.717) is 6.61 Å². The number of hydrogen-bond acceptors (Lipinski definition) is 4. The van der Waals surface area contributed by atoms with Gasteiger partial charge < -0.3 is 10.1 Å². The van der Waals surface area contributed by atoms with E-state index >= 15 is 0 Å². The minimum Gasteiger partial charge on any atom is -0.494 e. The van der Waals surface area contributed by atoms with Crippen molar-refractivity contribution in [1.82, 2.24) is 9.97 Å². The number of rotatable bonds is 6. The molecule has 19 heavy (non-hydrogen) atoms. The highest BCUT2D eigenvalue weighted by Gasteiger charge is 1.96. The fraction of sp³-hybridized carbons (Fsp3) is 0.333. The summed E-state index contributed by atoms with van der Waals surface area (Å²) >= 11 is 0. The quantitative estimate of drug-likeness (QED) is 0.808. The van der Waals surface area contributed by atoms with E-state index in [2.05, 4.69) is 34.3 Å². The zero-order valence-electron chi connectivity index (χ0n) is 11.4. The Labute approximate surface area is 113 Å². The number of hydrogen-bond donors (Lipinski definition) is 1. The van der Waals surface area contributed by atoms with E-state index in [0.717, 1.165) is 30.2 Å². The van der Waals surface area contributed by atoms with E-state index in [9.17, 15) is 0 Å². The van der Waals surface area contributed by atoms with Crippen LogP contribution >= 0.6 is 0 Å². The van der Waals surface area contributed by atoms with Gasteiger partial charge in [-0.05, 0) is 32.4 Å². The topological polar surface area (TPSA) is 47.0 Å². The lowest BCUT2D eigenvalue weighted by atomic mass is 10.2. The maximum Gasteiger partial charge on any atom is 0.144 e. The van der Waals surface area contributed by atoms with Gasteiger partial charge in [0.1, 0.15) is 11.6 Å². The summed E-state index contributed by atoms with van der Waals surface area (Å²) in [6.45, 7) is 5.51. The molecule has 0 unspecified atom stereocenters. The predicted octanol–water partition coefficient (Wildman–Crippen LogP) is 2.97. The van der Waals surface area contributed by atoms with Crippen molar-refractivity contribution in [1.29, 1.82) is 0 Å². The lowest BCUT2D eigenvalue weighted by molar-refractivity contribution is 0.315. The summed E-state index contributed by atoms with van der Waals surface area (Å²) < 4.78 is 5.65. The number of ether oxygens (including phenoxy) is 1. The SMILES string of the molecule is Cc1ccc(OCCCNc2cncc(C)n2)cc1. The molecule has 0 aliphatic rings. The van der Waals surface area contributed by atoms with E-state index in [-0.39, 0.29) is 0 Å². The number of anilines is 1. The van der Waals surface area contributed by atoms with Crippen LogP contribution in [0.5, 0.6) is 5.75 Å². The number of benzene rings is 1. The molecule has 2 aromatic rings. The molecule has 1 aromatic carbocycles.